The summed E-state index contributed by atoms with van der Waals surface area (Å²) in [7, 11) is 0. The largest absolute Gasteiger partial charge is 0.493 e. The maximum Gasteiger partial charge on any atom is 0.227 e. The molecule has 0 bridgehead atoms. The van der Waals surface area contributed by atoms with E-state index >= 15 is 0 Å². The van der Waals surface area contributed by atoms with E-state index in [0.29, 0.717) is 41.2 Å². The van der Waals surface area contributed by atoms with E-state index in [2.05, 4.69) is 5.32 Å². The van der Waals surface area contributed by atoms with E-state index in [-0.39, 0.29) is 18.9 Å². The van der Waals surface area contributed by atoms with Crippen molar-refractivity contribution in [2.75, 3.05) is 31.4 Å². The van der Waals surface area contributed by atoms with Crippen molar-refractivity contribution >= 4 is 35.0 Å². The molecule has 0 radical (unpaired) electrons. The third kappa shape index (κ3) is 4.74. The Kier molecular flexibility index (Phi) is 5.94. The molecule has 1 N–H and O–H groups in total. The molecule has 0 spiro atoms. The highest BCUT2D eigenvalue weighted by atomic mass is 35.5. The molecule has 0 unspecified atom stereocenters. The molecule has 7 heteroatoms. The summed E-state index contributed by atoms with van der Waals surface area (Å²) in [6.45, 7) is 1.31. The smallest absolute Gasteiger partial charge is 0.227 e. The van der Waals surface area contributed by atoms with Crippen LogP contribution in [0.25, 0.3) is 0 Å². The van der Waals surface area contributed by atoms with Gasteiger partial charge in [-0.3, -0.25) is 4.79 Å². The van der Waals surface area contributed by atoms with Crippen molar-refractivity contribution in [1.29, 1.82) is 0 Å². The van der Waals surface area contributed by atoms with Crippen LogP contribution in [-0.4, -0.2) is 32.0 Å². The molecule has 0 atom stereocenters. The van der Waals surface area contributed by atoms with E-state index < -0.39 is 0 Å². The summed E-state index contributed by atoms with van der Waals surface area (Å²) < 4.78 is 16.7. The van der Waals surface area contributed by atoms with Crippen LogP contribution in [0.1, 0.15) is 6.42 Å². The maximum atomic E-state index is 12.2. The number of benzene rings is 2. The minimum absolute atomic E-state index is 0.131. The molecular formula is C18H18ClNO4S. The number of carbonyl (C=O) groups is 1. The van der Waals surface area contributed by atoms with Crippen LogP contribution >= 0.6 is 23.4 Å². The predicted molar refractivity (Wildman–Crippen MR) is 99.4 cm³/mol. The van der Waals surface area contributed by atoms with Gasteiger partial charge in [-0.05, 0) is 30.5 Å². The Labute approximate surface area is 155 Å². The number of hydrogen-bond acceptors (Lipinski definition) is 5. The topological polar surface area (TPSA) is 56.8 Å². The summed E-state index contributed by atoms with van der Waals surface area (Å²) in [6, 6.07) is 10.8. The highest BCUT2D eigenvalue weighted by Crippen LogP contribution is 2.39. The number of thioether (sulfide) groups is 1. The second kappa shape index (κ2) is 8.36. The van der Waals surface area contributed by atoms with Crippen molar-refractivity contribution in [2.45, 2.75) is 11.3 Å². The van der Waals surface area contributed by atoms with Crippen LogP contribution in [0, 0.1) is 0 Å². The molecule has 2 aromatic rings. The van der Waals surface area contributed by atoms with Crippen LogP contribution in [0.5, 0.6) is 17.2 Å². The zero-order valence-electron chi connectivity index (χ0n) is 13.7. The van der Waals surface area contributed by atoms with Crippen molar-refractivity contribution in [3.05, 3.63) is 41.4 Å². The highest BCUT2D eigenvalue weighted by Gasteiger charge is 2.17. The lowest BCUT2D eigenvalue weighted by Gasteiger charge is -2.21. The van der Waals surface area contributed by atoms with Gasteiger partial charge in [0.2, 0.25) is 5.91 Å². The highest BCUT2D eigenvalue weighted by molar-refractivity contribution is 7.98. The molecule has 1 aliphatic rings. The molecule has 1 amide bonds. The fraction of sp³-hybridized carbons (Fsp3) is 0.278. The fourth-order valence-corrected chi connectivity index (χ4v) is 3.10. The van der Waals surface area contributed by atoms with Crippen molar-refractivity contribution in [2.24, 2.45) is 0 Å². The fourth-order valence-electron chi connectivity index (χ4n) is 2.37. The van der Waals surface area contributed by atoms with Crippen LogP contribution in [0.2, 0.25) is 5.02 Å². The summed E-state index contributed by atoms with van der Waals surface area (Å²) in [5.41, 5.74) is 0.713. The van der Waals surface area contributed by atoms with Crippen molar-refractivity contribution in [3.63, 3.8) is 0 Å². The molecule has 0 saturated carbocycles. The first kappa shape index (κ1) is 17.8. The molecule has 1 heterocycles. The number of fused-ring (bicyclic) bond motifs is 1. The third-order valence-corrected chi connectivity index (χ3v) is 4.55. The van der Waals surface area contributed by atoms with Gasteiger partial charge in [-0.1, -0.05) is 17.7 Å². The molecule has 2 aromatic carbocycles. The normalized spacial score (nSPS) is 12.6. The molecule has 0 aromatic heterocycles. The lowest BCUT2D eigenvalue weighted by Crippen LogP contribution is -2.18. The van der Waals surface area contributed by atoms with Crippen molar-refractivity contribution in [1.82, 2.24) is 0 Å². The maximum absolute atomic E-state index is 12.2. The Balaban J connectivity index is 1.58. The van der Waals surface area contributed by atoms with E-state index in [1.807, 2.05) is 12.3 Å². The Morgan fingerprint density at radius 2 is 2.00 bits per heavy atom. The zero-order valence-corrected chi connectivity index (χ0v) is 15.3. The Morgan fingerprint density at radius 3 is 2.72 bits per heavy atom. The summed E-state index contributed by atoms with van der Waals surface area (Å²) in [5.74, 6) is 1.87. The van der Waals surface area contributed by atoms with Crippen LogP contribution in [-0.2, 0) is 4.79 Å². The molecule has 132 valence electrons. The minimum atomic E-state index is -0.131. The molecular weight excluding hydrogens is 362 g/mol. The zero-order chi connectivity index (χ0) is 17.6. The van der Waals surface area contributed by atoms with Crippen molar-refractivity contribution < 1.29 is 19.0 Å². The Morgan fingerprint density at radius 1 is 1.24 bits per heavy atom. The summed E-state index contributed by atoms with van der Waals surface area (Å²) in [5, 5.41) is 3.51. The first-order valence-electron chi connectivity index (χ1n) is 7.81. The van der Waals surface area contributed by atoms with E-state index in [0.717, 1.165) is 4.90 Å². The van der Waals surface area contributed by atoms with E-state index in [9.17, 15) is 4.79 Å². The average Bonchev–Trinajstić information content (AvgIpc) is 2.61. The van der Waals surface area contributed by atoms with Crippen LogP contribution in [0.15, 0.2) is 41.3 Å². The standard InChI is InChI=1S/C18H18ClNO4S/c1-25-17-11-16-15(23-7-8-24-16)10-14(17)20-18(21)5-6-22-13-4-2-3-12(19)9-13/h2-4,9-11H,5-8H2,1H3,(H,20,21). The monoisotopic (exact) mass is 379 g/mol. The molecule has 25 heavy (non-hydrogen) atoms. The predicted octanol–water partition coefficient (Wildman–Crippen LogP) is 4.24. The molecule has 0 aliphatic carbocycles. The molecule has 0 fully saturated rings. The van der Waals surface area contributed by atoms with Gasteiger partial charge in [0.25, 0.3) is 0 Å². The van der Waals surface area contributed by atoms with Gasteiger partial charge in [0.05, 0.1) is 18.7 Å². The van der Waals surface area contributed by atoms with Crippen LogP contribution in [0.4, 0.5) is 5.69 Å². The van der Waals surface area contributed by atoms with Gasteiger partial charge in [-0.15, -0.1) is 11.8 Å². The lowest BCUT2D eigenvalue weighted by molar-refractivity contribution is -0.116. The first-order chi connectivity index (χ1) is 12.2. The molecule has 5 nitrogen and oxygen atoms in total. The van der Waals surface area contributed by atoms with Gasteiger partial charge in [-0.2, -0.15) is 0 Å². The summed E-state index contributed by atoms with van der Waals surface area (Å²) >= 11 is 7.44. The lowest BCUT2D eigenvalue weighted by atomic mass is 10.2. The first-order valence-corrected chi connectivity index (χ1v) is 9.42. The third-order valence-electron chi connectivity index (χ3n) is 3.53. The molecule has 0 saturated heterocycles. The number of hydrogen-bond donors (Lipinski definition) is 1. The van der Waals surface area contributed by atoms with Gasteiger partial charge >= 0.3 is 0 Å². The second-order valence-electron chi connectivity index (χ2n) is 5.30. The Bertz CT molecular complexity index is 769. The average molecular weight is 380 g/mol. The quantitative estimate of drug-likeness (QED) is 0.761. The van der Waals surface area contributed by atoms with E-state index in [4.69, 9.17) is 25.8 Å². The number of anilines is 1. The SMILES string of the molecule is CSc1cc2c(cc1NC(=O)CCOc1cccc(Cl)c1)OCCO2. The van der Waals surface area contributed by atoms with Crippen LogP contribution < -0.4 is 19.5 Å². The number of halogens is 1. The number of rotatable bonds is 6. The van der Waals surface area contributed by atoms with Gasteiger partial charge in [0.15, 0.2) is 11.5 Å². The number of nitrogens with one attached hydrogen (secondary N) is 1. The molecule has 3 rings (SSSR count). The summed E-state index contributed by atoms with van der Waals surface area (Å²) in [6.07, 6.45) is 2.18. The second-order valence-corrected chi connectivity index (χ2v) is 6.58. The Hall–Kier alpha value is -2.05. The van der Waals surface area contributed by atoms with Crippen molar-refractivity contribution in [3.8, 4) is 17.2 Å². The van der Waals surface area contributed by atoms with E-state index in [1.165, 1.54) is 11.8 Å². The van der Waals surface area contributed by atoms with Gasteiger partial charge in [0.1, 0.15) is 19.0 Å². The molecule has 1 aliphatic heterocycles. The number of amides is 1. The van der Waals surface area contributed by atoms with Crippen LogP contribution in [0.3, 0.4) is 0 Å². The number of carbonyl (C=O) groups excluding carboxylic acids is 1. The van der Waals surface area contributed by atoms with Gasteiger partial charge in [-0.25, -0.2) is 0 Å². The van der Waals surface area contributed by atoms with E-state index in [1.54, 1.807) is 30.3 Å². The number of ether oxygens (including phenoxy) is 3. The summed E-state index contributed by atoms with van der Waals surface area (Å²) in [4.78, 5) is 13.1. The minimum Gasteiger partial charge on any atom is -0.493 e. The van der Waals surface area contributed by atoms with Gasteiger partial charge in [0, 0.05) is 16.0 Å². The van der Waals surface area contributed by atoms with Gasteiger partial charge < -0.3 is 19.5 Å².